The standard InChI is InChI=1S/C25H30N2O6S/c1-17-4-3-5-18(2)27(17)34(30,31)21-9-7-20(8-10-21)26-25(29)13-11-22(28)19-6-12-23-24(16-19)33-15-14-32-23/h6-10,12,16-18H,3-5,11,13-15H2,1-2H3,(H,26,29). The molecule has 0 aliphatic carbocycles. The number of carbonyl (C=O) groups is 2. The number of carbonyl (C=O) groups excluding carboxylic acids is 2. The molecule has 1 fully saturated rings. The maximum absolute atomic E-state index is 13.1. The monoisotopic (exact) mass is 486 g/mol. The van der Waals surface area contributed by atoms with E-state index in [1.54, 1.807) is 34.6 Å². The lowest BCUT2D eigenvalue weighted by atomic mass is 10.0. The Morgan fingerprint density at radius 2 is 1.59 bits per heavy atom. The molecule has 182 valence electrons. The van der Waals surface area contributed by atoms with Gasteiger partial charge in [0.2, 0.25) is 15.9 Å². The molecule has 4 rings (SSSR count). The zero-order chi connectivity index (χ0) is 24.3. The zero-order valence-corrected chi connectivity index (χ0v) is 20.3. The molecule has 1 saturated heterocycles. The molecule has 9 heteroatoms. The van der Waals surface area contributed by atoms with Crippen LogP contribution in [0.3, 0.4) is 0 Å². The van der Waals surface area contributed by atoms with Gasteiger partial charge in [-0.05, 0) is 69.2 Å². The average molecular weight is 487 g/mol. The Morgan fingerprint density at radius 3 is 2.26 bits per heavy atom. The molecule has 1 amide bonds. The highest BCUT2D eigenvalue weighted by molar-refractivity contribution is 7.89. The number of rotatable bonds is 7. The third-order valence-electron chi connectivity index (χ3n) is 6.27. The molecule has 2 atom stereocenters. The van der Waals surface area contributed by atoms with E-state index in [0.29, 0.717) is 36.0 Å². The third-order valence-corrected chi connectivity index (χ3v) is 8.41. The van der Waals surface area contributed by atoms with Crippen LogP contribution >= 0.6 is 0 Å². The van der Waals surface area contributed by atoms with Gasteiger partial charge in [0, 0.05) is 36.2 Å². The van der Waals surface area contributed by atoms with Gasteiger partial charge in [-0.1, -0.05) is 6.42 Å². The molecule has 2 aliphatic heterocycles. The van der Waals surface area contributed by atoms with E-state index in [0.717, 1.165) is 19.3 Å². The zero-order valence-electron chi connectivity index (χ0n) is 19.5. The second-order valence-corrected chi connectivity index (χ2v) is 10.7. The average Bonchev–Trinajstić information content (AvgIpc) is 2.82. The number of sulfonamides is 1. The second-order valence-electron chi connectivity index (χ2n) is 8.82. The van der Waals surface area contributed by atoms with Crippen molar-refractivity contribution in [3.8, 4) is 11.5 Å². The van der Waals surface area contributed by atoms with Gasteiger partial charge in [0.15, 0.2) is 17.3 Å². The number of Topliss-reactive ketones (excluding diaryl/α,β-unsaturated/α-hetero) is 1. The molecule has 2 aromatic rings. The van der Waals surface area contributed by atoms with Crippen molar-refractivity contribution in [3.05, 3.63) is 48.0 Å². The van der Waals surface area contributed by atoms with Crippen molar-refractivity contribution in [2.24, 2.45) is 0 Å². The first kappa shape index (κ1) is 24.2. The predicted octanol–water partition coefficient (Wildman–Crippen LogP) is 4.01. The van der Waals surface area contributed by atoms with Crippen molar-refractivity contribution in [1.82, 2.24) is 4.31 Å². The summed E-state index contributed by atoms with van der Waals surface area (Å²) in [5, 5.41) is 2.73. The van der Waals surface area contributed by atoms with Crippen LogP contribution in [0, 0.1) is 0 Å². The fourth-order valence-electron chi connectivity index (χ4n) is 4.52. The summed E-state index contributed by atoms with van der Waals surface area (Å²) in [5.74, 6) is 0.651. The van der Waals surface area contributed by atoms with Crippen LogP contribution in [0.2, 0.25) is 0 Å². The smallest absolute Gasteiger partial charge is 0.243 e. The van der Waals surface area contributed by atoms with Gasteiger partial charge < -0.3 is 14.8 Å². The topological polar surface area (TPSA) is 102 Å². The Morgan fingerprint density at radius 1 is 0.941 bits per heavy atom. The molecule has 1 N–H and O–H groups in total. The normalized spacial score (nSPS) is 20.5. The van der Waals surface area contributed by atoms with E-state index in [-0.39, 0.29) is 41.5 Å². The van der Waals surface area contributed by atoms with Crippen molar-refractivity contribution in [3.63, 3.8) is 0 Å². The van der Waals surface area contributed by atoms with Crippen molar-refractivity contribution in [2.75, 3.05) is 18.5 Å². The van der Waals surface area contributed by atoms with Crippen LogP contribution in [0.4, 0.5) is 5.69 Å². The van der Waals surface area contributed by atoms with Gasteiger partial charge in [0.1, 0.15) is 13.2 Å². The van der Waals surface area contributed by atoms with Crippen LogP contribution < -0.4 is 14.8 Å². The lowest BCUT2D eigenvalue weighted by Crippen LogP contribution is -2.47. The van der Waals surface area contributed by atoms with Gasteiger partial charge in [-0.15, -0.1) is 0 Å². The Kier molecular flexibility index (Phi) is 7.23. The summed E-state index contributed by atoms with van der Waals surface area (Å²) in [4.78, 5) is 25.1. The molecule has 2 heterocycles. The van der Waals surface area contributed by atoms with Gasteiger partial charge >= 0.3 is 0 Å². The minimum Gasteiger partial charge on any atom is -0.486 e. The van der Waals surface area contributed by atoms with Crippen LogP contribution in [0.25, 0.3) is 0 Å². The van der Waals surface area contributed by atoms with Crippen LogP contribution in [-0.4, -0.2) is 49.7 Å². The number of nitrogens with zero attached hydrogens (tertiary/aromatic N) is 1. The predicted molar refractivity (Wildman–Crippen MR) is 128 cm³/mol. The number of ether oxygens (including phenoxy) is 2. The molecule has 2 aliphatic rings. The van der Waals surface area contributed by atoms with E-state index >= 15 is 0 Å². The summed E-state index contributed by atoms with van der Waals surface area (Å²) < 4.78 is 38.8. The lowest BCUT2D eigenvalue weighted by molar-refractivity contribution is -0.116. The fraction of sp³-hybridized carbons (Fsp3) is 0.440. The molecule has 0 radical (unpaired) electrons. The minimum absolute atomic E-state index is 0.0101. The molecule has 0 bridgehead atoms. The van der Waals surface area contributed by atoms with Gasteiger partial charge in [-0.3, -0.25) is 9.59 Å². The Labute approximate surface area is 200 Å². The van der Waals surface area contributed by atoms with E-state index in [9.17, 15) is 18.0 Å². The lowest BCUT2D eigenvalue weighted by Gasteiger charge is -2.37. The van der Waals surface area contributed by atoms with E-state index < -0.39 is 10.0 Å². The fourth-order valence-corrected chi connectivity index (χ4v) is 6.40. The number of piperidine rings is 1. The van der Waals surface area contributed by atoms with Gasteiger partial charge in [-0.25, -0.2) is 8.42 Å². The first-order valence-electron chi connectivity index (χ1n) is 11.6. The molecule has 0 spiro atoms. The molecule has 0 saturated carbocycles. The number of fused-ring (bicyclic) bond motifs is 1. The summed E-state index contributed by atoms with van der Waals surface area (Å²) >= 11 is 0. The van der Waals surface area contributed by atoms with Crippen LogP contribution in [0.15, 0.2) is 47.4 Å². The van der Waals surface area contributed by atoms with Gasteiger partial charge in [0.25, 0.3) is 0 Å². The number of hydrogen-bond acceptors (Lipinski definition) is 6. The number of ketones is 1. The van der Waals surface area contributed by atoms with E-state index in [2.05, 4.69) is 5.32 Å². The Hall–Kier alpha value is -2.91. The van der Waals surface area contributed by atoms with E-state index in [4.69, 9.17) is 9.47 Å². The highest BCUT2D eigenvalue weighted by atomic mass is 32.2. The third kappa shape index (κ3) is 5.26. The summed E-state index contributed by atoms with van der Waals surface area (Å²) in [6, 6.07) is 11.1. The van der Waals surface area contributed by atoms with Crippen molar-refractivity contribution >= 4 is 27.4 Å². The van der Waals surface area contributed by atoms with Crippen LogP contribution in [0.1, 0.15) is 56.3 Å². The summed E-state index contributed by atoms with van der Waals surface area (Å²) in [6.07, 6.45) is 2.78. The first-order chi connectivity index (χ1) is 16.3. The van der Waals surface area contributed by atoms with Crippen LogP contribution in [-0.2, 0) is 14.8 Å². The maximum Gasteiger partial charge on any atom is 0.243 e. The number of amides is 1. The number of hydrogen-bond donors (Lipinski definition) is 1. The molecular formula is C25H30N2O6S. The quantitative estimate of drug-likeness (QED) is 0.594. The highest BCUT2D eigenvalue weighted by Gasteiger charge is 2.35. The van der Waals surface area contributed by atoms with E-state index in [1.165, 1.54) is 12.1 Å². The minimum atomic E-state index is -3.61. The number of nitrogens with one attached hydrogen (secondary N) is 1. The largest absolute Gasteiger partial charge is 0.486 e. The van der Waals surface area contributed by atoms with Gasteiger partial charge in [-0.2, -0.15) is 4.31 Å². The maximum atomic E-state index is 13.1. The Bertz CT molecular complexity index is 1150. The summed E-state index contributed by atoms with van der Waals surface area (Å²) in [7, 11) is -3.61. The molecule has 0 aromatic heterocycles. The first-order valence-corrected chi connectivity index (χ1v) is 13.1. The molecule has 34 heavy (non-hydrogen) atoms. The SMILES string of the molecule is CC1CCCC(C)N1S(=O)(=O)c1ccc(NC(=O)CCC(=O)c2ccc3c(c2)OCCO3)cc1. The molecule has 8 nitrogen and oxygen atoms in total. The summed E-state index contributed by atoms with van der Waals surface area (Å²) in [6.45, 7) is 4.79. The summed E-state index contributed by atoms with van der Waals surface area (Å²) in [5.41, 5.74) is 0.947. The number of benzene rings is 2. The van der Waals surface area contributed by atoms with Crippen LogP contribution in [0.5, 0.6) is 11.5 Å². The molecule has 2 aromatic carbocycles. The molecular weight excluding hydrogens is 456 g/mol. The van der Waals surface area contributed by atoms with Crippen molar-refractivity contribution in [1.29, 1.82) is 0 Å². The molecule has 2 unspecified atom stereocenters. The van der Waals surface area contributed by atoms with E-state index in [1.807, 2.05) is 13.8 Å². The highest BCUT2D eigenvalue weighted by Crippen LogP contribution is 2.32. The van der Waals surface area contributed by atoms with Crippen molar-refractivity contribution in [2.45, 2.75) is 62.9 Å². The van der Waals surface area contributed by atoms with Gasteiger partial charge in [0.05, 0.1) is 4.90 Å². The second kappa shape index (κ2) is 10.1. The van der Waals surface area contributed by atoms with Crippen molar-refractivity contribution < 1.29 is 27.5 Å². The number of anilines is 1. The Balaban J connectivity index is 1.33.